The van der Waals surface area contributed by atoms with Gasteiger partial charge in [0, 0.05) is 11.6 Å². The molecule has 5 heteroatoms. The second-order valence-corrected chi connectivity index (χ2v) is 4.20. The zero-order valence-corrected chi connectivity index (χ0v) is 10.7. The standard InChI is InChI=1S/C15H13F3O2/c1-2-20-10-5-3-4-9(6-10)15(19)11-7-13(17)14(18)8-12(11)16/h3-8,15,19H,2H2,1H3. The fraction of sp³-hybridized carbons (Fsp3) is 0.200. The number of hydrogen-bond donors (Lipinski definition) is 1. The molecule has 0 saturated heterocycles. The zero-order valence-electron chi connectivity index (χ0n) is 10.7. The Bertz CT molecular complexity index is 614. The summed E-state index contributed by atoms with van der Waals surface area (Å²) < 4.78 is 44.9. The summed E-state index contributed by atoms with van der Waals surface area (Å²) in [6, 6.07) is 7.45. The van der Waals surface area contributed by atoms with Crippen molar-refractivity contribution in [2.75, 3.05) is 6.61 Å². The van der Waals surface area contributed by atoms with E-state index in [1.165, 1.54) is 6.07 Å². The van der Waals surface area contributed by atoms with Gasteiger partial charge in [0.05, 0.1) is 6.61 Å². The molecular formula is C15H13F3O2. The third-order valence-electron chi connectivity index (χ3n) is 2.82. The highest BCUT2D eigenvalue weighted by Gasteiger charge is 2.18. The van der Waals surface area contributed by atoms with Crippen LogP contribution in [-0.4, -0.2) is 11.7 Å². The van der Waals surface area contributed by atoms with E-state index in [0.29, 0.717) is 30.1 Å². The molecule has 0 aliphatic rings. The van der Waals surface area contributed by atoms with Crippen LogP contribution in [-0.2, 0) is 0 Å². The lowest BCUT2D eigenvalue weighted by Gasteiger charge is -2.14. The van der Waals surface area contributed by atoms with Gasteiger partial charge < -0.3 is 9.84 Å². The van der Waals surface area contributed by atoms with Crippen LogP contribution in [0.5, 0.6) is 5.75 Å². The molecule has 0 saturated carbocycles. The second-order valence-electron chi connectivity index (χ2n) is 4.20. The number of aliphatic hydroxyl groups excluding tert-OH is 1. The number of rotatable bonds is 4. The number of aliphatic hydroxyl groups is 1. The van der Waals surface area contributed by atoms with E-state index >= 15 is 0 Å². The van der Waals surface area contributed by atoms with E-state index in [1.54, 1.807) is 25.1 Å². The van der Waals surface area contributed by atoms with Crippen molar-refractivity contribution in [1.82, 2.24) is 0 Å². The quantitative estimate of drug-likeness (QED) is 0.868. The lowest BCUT2D eigenvalue weighted by atomic mass is 10.0. The first-order chi connectivity index (χ1) is 9.52. The van der Waals surface area contributed by atoms with Crippen LogP contribution in [0.4, 0.5) is 13.2 Å². The first kappa shape index (κ1) is 14.4. The molecule has 20 heavy (non-hydrogen) atoms. The highest BCUT2D eigenvalue weighted by Crippen LogP contribution is 2.28. The predicted octanol–water partition coefficient (Wildman–Crippen LogP) is 3.58. The van der Waals surface area contributed by atoms with Gasteiger partial charge in [-0.3, -0.25) is 0 Å². The van der Waals surface area contributed by atoms with Gasteiger partial charge in [0.15, 0.2) is 11.6 Å². The van der Waals surface area contributed by atoms with E-state index in [0.717, 1.165) is 0 Å². The molecule has 0 aromatic heterocycles. The highest BCUT2D eigenvalue weighted by molar-refractivity contribution is 5.36. The lowest BCUT2D eigenvalue weighted by molar-refractivity contribution is 0.213. The third kappa shape index (κ3) is 2.93. The minimum absolute atomic E-state index is 0.322. The van der Waals surface area contributed by atoms with Gasteiger partial charge >= 0.3 is 0 Å². The highest BCUT2D eigenvalue weighted by atomic mass is 19.2. The monoisotopic (exact) mass is 282 g/mol. The molecule has 0 fully saturated rings. The van der Waals surface area contributed by atoms with Crippen LogP contribution in [0, 0.1) is 17.5 Å². The van der Waals surface area contributed by atoms with Crippen molar-refractivity contribution in [3.63, 3.8) is 0 Å². The summed E-state index contributed by atoms with van der Waals surface area (Å²) in [4.78, 5) is 0. The summed E-state index contributed by atoms with van der Waals surface area (Å²) in [5.74, 6) is -2.99. The molecule has 1 N–H and O–H groups in total. The predicted molar refractivity (Wildman–Crippen MR) is 68.0 cm³/mol. The zero-order chi connectivity index (χ0) is 14.7. The van der Waals surface area contributed by atoms with Crippen LogP contribution in [0.15, 0.2) is 36.4 Å². The molecule has 0 aliphatic carbocycles. The smallest absolute Gasteiger partial charge is 0.161 e. The Balaban J connectivity index is 2.38. The molecule has 106 valence electrons. The lowest BCUT2D eigenvalue weighted by Crippen LogP contribution is -2.05. The molecule has 0 heterocycles. The van der Waals surface area contributed by atoms with Crippen molar-refractivity contribution in [2.24, 2.45) is 0 Å². The van der Waals surface area contributed by atoms with Crippen LogP contribution in [0.25, 0.3) is 0 Å². The van der Waals surface area contributed by atoms with E-state index in [4.69, 9.17) is 4.74 Å². The maximum Gasteiger partial charge on any atom is 0.161 e. The molecule has 2 aromatic carbocycles. The van der Waals surface area contributed by atoms with Crippen LogP contribution >= 0.6 is 0 Å². The van der Waals surface area contributed by atoms with E-state index in [-0.39, 0.29) is 5.56 Å². The summed E-state index contributed by atoms with van der Waals surface area (Å²) in [6.45, 7) is 2.25. The maximum absolute atomic E-state index is 13.6. The fourth-order valence-electron chi connectivity index (χ4n) is 1.87. The maximum atomic E-state index is 13.6. The second kappa shape index (κ2) is 5.96. The third-order valence-corrected chi connectivity index (χ3v) is 2.82. The van der Waals surface area contributed by atoms with Gasteiger partial charge in [-0.15, -0.1) is 0 Å². The van der Waals surface area contributed by atoms with E-state index < -0.39 is 23.6 Å². The van der Waals surface area contributed by atoms with Crippen molar-refractivity contribution in [2.45, 2.75) is 13.0 Å². The van der Waals surface area contributed by atoms with Crippen LogP contribution in [0.1, 0.15) is 24.2 Å². The molecule has 2 nitrogen and oxygen atoms in total. The molecule has 2 aromatic rings. The summed E-state index contributed by atoms with van der Waals surface area (Å²) in [6.07, 6.45) is -1.40. The summed E-state index contributed by atoms with van der Waals surface area (Å²) in [5.41, 5.74) is 0.0124. The van der Waals surface area contributed by atoms with Crippen molar-refractivity contribution in [3.8, 4) is 5.75 Å². The molecule has 1 atom stereocenters. The van der Waals surface area contributed by atoms with Gasteiger partial charge in [-0.1, -0.05) is 12.1 Å². The number of halogens is 3. The number of benzene rings is 2. The molecule has 0 spiro atoms. The van der Waals surface area contributed by atoms with Crippen molar-refractivity contribution >= 4 is 0 Å². The van der Waals surface area contributed by atoms with Crippen molar-refractivity contribution in [3.05, 3.63) is 65.0 Å². The van der Waals surface area contributed by atoms with Gasteiger partial charge in [0.1, 0.15) is 17.7 Å². The molecule has 2 rings (SSSR count). The van der Waals surface area contributed by atoms with Crippen LogP contribution < -0.4 is 4.74 Å². The van der Waals surface area contributed by atoms with Crippen molar-refractivity contribution in [1.29, 1.82) is 0 Å². The molecule has 0 aliphatic heterocycles. The Hall–Kier alpha value is -2.01. The van der Waals surface area contributed by atoms with Crippen LogP contribution in [0.2, 0.25) is 0 Å². The van der Waals surface area contributed by atoms with E-state index in [2.05, 4.69) is 0 Å². The number of hydrogen-bond acceptors (Lipinski definition) is 2. The number of ether oxygens (including phenoxy) is 1. The fourth-order valence-corrected chi connectivity index (χ4v) is 1.87. The minimum atomic E-state index is -1.40. The van der Waals surface area contributed by atoms with E-state index in [9.17, 15) is 18.3 Å². The summed E-state index contributed by atoms with van der Waals surface area (Å²) in [5, 5.41) is 10.1. The first-order valence-corrected chi connectivity index (χ1v) is 6.08. The molecule has 0 bridgehead atoms. The van der Waals surface area contributed by atoms with Crippen molar-refractivity contribution < 1.29 is 23.0 Å². The van der Waals surface area contributed by atoms with Gasteiger partial charge in [-0.05, 0) is 30.7 Å². The topological polar surface area (TPSA) is 29.5 Å². The SMILES string of the molecule is CCOc1cccc(C(O)c2cc(F)c(F)cc2F)c1. The minimum Gasteiger partial charge on any atom is -0.494 e. The van der Waals surface area contributed by atoms with E-state index in [1.807, 2.05) is 0 Å². The Morgan fingerprint density at radius 1 is 1.05 bits per heavy atom. The Labute approximate surface area is 114 Å². The molecule has 1 unspecified atom stereocenters. The summed E-state index contributed by atoms with van der Waals surface area (Å²) >= 11 is 0. The first-order valence-electron chi connectivity index (χ1n) is 6.08. The average Bonchev–Trinajstić information content (AvgIpc) is 2.43. The summed E-state index contributed by atoms with van der Waals surface area (Å²) in [7, 11) is 0. The largest absolute Gasteiger partial charge is 0.494 e. The Morgan fingerprint density at radius 2 is 1.75 bits per heavy atom. The Kier molecular flexibility index (Phi) is 4.29. The Morgan fingerprint density at radius 3 is 2.45 bits per heavy atom. The van der Waals surface area contributed by atoms with Gasteiger partial charge in [-0.25, -0.2) is 13.2 Å². The van der Waals surface area contributed by atoms with Gasteiger partial charge in [0.25, 0.3) is 0 Å². The van der Waals surface area contributed by atoms with Crippen LogP contribution in [0.3, 0.4) is 0 Å². The average molecular weight is 282 g/mol. The molecular weight excluding hydrogens is 269 g/mol. The normalized spacial score (nSPS) is 12.2. The van der Waals surface area contributed by atoms with Gasteiger partial charge in [0.2, 0.25) is 0 Å². The molecule has 0 amide bonds. The molecule has 0 radical (unpaired) electrons. The van der Waals surface area contributed by atoms with Gasteiger partial charge in [-0.2, -0.15) is 0 Å².